The molecule has 1 aromatic rings. The Kier molecular flexibility index (Phi) is 6.33. The van der Waals surface area contributed by atoms with Crippen LogP contribution < -0.4 is 15.2 Å². The number of rotatable bonds is 7. The van der Waals surface area contributed by atoms with Gasteiger partial charge < -0.3 is 15.2 Å². The standard InChI is InChI=1S/C16H25BrN2O2/c1-3-5-19(6-4-2)14(11-18)12-9-13(17)16-15(10-12)20-7-8-21-16/h9-10,14H,3-8,11,18H2,1-2H3. The molecule has 2 rings (SSSR count). The Morgan fingerprint density at radius 3 is 2.48 bits per heavy atom. The number of fused-ring (bicyclic) bond motifs is 1. The molecule has 0 aliphatic carbocycles. The highest BCUT2D eigenvalue weighted by atomic mass is 79.9. The zero-order valence-electron chi connectivity index (χ0n) is 12.9. The molecule has 1 unspecified atom stereocenters. The van der Waals surface area contributed by atoms with Gasteiger partial charge in [0.1, 0.15) is 13.2 Å². The van der Waals surface area contributed by atoms with E-state index in [1.54, 1.807) is 0 Å². The number of hydrogen-bond acceptors (Lipinski definition) is 4. The fraction of sp³-hybridized carbons (Fsp3) is 0.625. The van der Waals surface area contributed by atoms with E-state index in [0.29, 0.717) is 19.8 Å². The third kappa shape index (κ3) is 3.90. The van der Waals surface area contributed by atoms with E-state index in [9.17, 15) is 0 Å². The van der Waals surface area contributed by atoms with Crippen LogP contribution in [0.5, 0.6) is 11.5 Å². The molecule has 1 heterocycles. The Labute approximate surface area is 135 Å². The summed E-state index contributed by atoms with van der Waals surface area (Å²) in [6.45, 7) is 8.33. The van der Waals surface area contributed by atoms with Crippen molar-refractivity contribution >= 4 is 15.9 Å². The van der Waals surface area contributed by atoms with Crippen molar-refractivity contribution in [3.05, 3.63) is 22.2 Å². The average Bonchev–Trinajstić information content (AvgIpc) is 2.48. The number of ether oxygens (including phenoxy) is 2. The van der Waals surface area contributed by atoms with Gasteiger partial charge in [0, 0.05) is 12.6 Å². The Hall–Kier alpha value is -0.780. The molecule has 0 radical (unpaired) electrons. The molecule has 0 spiro atoms. The van der Waals surface area contributed by atoms with Crippen molar-refractivity contribution in [2.45, 2.75) is 32.7 Å². The van der Waals surface area contributed by atoms with E-state index in [1.807, 2.05) is 0 Å². The molecule has 1 aliphatic heterocycles. The minimum Gasteiger partial charge on any atom is -0.486 e. The fourth-order valence-electron chi connectivity index (χ4n) is 2.82. The summed E-state index contributed by atoms with van der Waals surface area (Å²) in [5.74, 6) is 1.62. The van der Waals surface area contributed by atoms with Crippen molar-refractivity contribution in [3.8, 4) is 11.5 Å². The molecular weight excluding hydrogens is 332 g/mol. The normalized spacial score (nSPS) is 15.3. The maximum absolute atomic E-state index is 6.06. The van der Waals surface area contributed by atoms with Gasteiger partial charge in [-0.2, -0.15) is 0 Å². The maximum atomic E-state index is 6.06. The smallest absolute Gasteiger partial charge is 0.175 e. The third-order valence-electron chi connectivity index (χ3n) is 3.69. The summed E-state index contributed by atoms with van der Waals surface area (Å²) in [4.78, 5) is 2.46. The van der Waals surface area contributed by atoms with Gasteiger partial charge in [0.15, 0.2) is 11.5 Å². The SMILES string of the molecule is CCCN(CCC)C(CN)c1cc(Br)c2c(c1)OCCO2. The molecule has 1 aliphatic rings. The van der Waals surface area contributed by atoms with Crippen LogP contribution in [0.1, 0.15) is 38.3 Å². The van der Waals surface area contributed by atoms with Crippen molar-refractivity contribution in [1.29, 1.82) is 0 Å². The zero-order chi connectivity index (χ0) is 15.2. The summed E-state index contributed by atoms with van der Waals surface area (Å²) < 4.78 is 12.3. The van der Waals surface area contributed by atoms with Gasteiger partial charge in [-0.25, -0.2) is 0 Å². The van der Waals surface area contributed by atoms with Crippen LogP contribution in [0.4, 0.5) is 0 Å². The summed E-state index contributed by atoms with van der Waals surface area (Å²) in [6, 6.07) is 4.41. The molecule has 2 N–H and O–H groups in total. The van der Waals surface area contributed by atoms with Crippen LogP contribution in [-0.2, 0) is 0 Å². The Bertz CT molecular complexity index is 462. The van der Waals surface area contributed by atoms with Crippen LogP contribution in [0.25, 0.3) is 0 Å². The molecule has 0 fully saturated rings. The van der Waals surface area contributed by atoms with Gasteiger partial charge in [0.2, 0.25) is 0 Å². The Balaban J connectivity index is 2.30. The van der Waals surface area contributed by atoms with Crippen molar-refractivity contribution in [1.82, 2.24) is 4.90 Å². The molecule has 21 heavy (non-hydrogen) atoms. The summed E-state index contributed by atoms with van der Waals surface area (Å²) in [6.07, 6.45) is 2.25. The third-order valence-corrected chi connectivity index (χ3v) is 4.28. The van der Waals surface area contributed by atoms with Crippen LogP contribution in [0, 0.1) is 0 Å². The maximum Gasteiger partial charge on any atom is 0.175 e. The second-order valence-electron chi connectivity index (χ2n) is 5.31. The fourth-order valence-corrected chi connectivity index (χ4v) is 3.39. The second-order valence-corrected chi connectivity index (χ2v) is 6.17. The van der Waals surface area contributed by atoms with E-state index in [-0.39, 0.29) is 6.04 Å². The lowest BCUT2D eigenvalue weighted by Crippen LogP contribution is -2.35. The first kappa shape index (κ1) is 16.6. The van der Waals surface area contributed by atoms with E-state index in [2.05, 4.69) is 46.8 Å². The van der Waals surface area contributed by atoms with Gasteiger partial charge in [-0.3, -0.25) is 4.90 Å². The van der Waals surface area contributed by atoms with E-state index in [0.717, 1.165) is 41.9 Å². The zero-order valence-corrected chi connectivity index (χ0v) is 14.5. The summed E-state index contributed by atoms with van der Waals surface area (Å²) >= 11 is 3.59. The number of nitrogens with zero attached hydrogens (tertiary/aromatic N) is 1. The summed E-state index contributed by atoms with van der Waals surface area (Å²) in [5, 5.41) is 0. The first-order valence-electron chi connectivity index (χ1n) is 7.74. The van der Waals surface area contributed by atoms with Crippen molar-refractivity contribution < 1.29 is 9.47 Å². The molecular formula is C16H25BrN2O2. The van der Waals surface area contributed by atoms with Gasteiger partial charge in [-0.15, -0.1) is 0 Å². The highest BCUT2D eigenvalue weighted by Gasteiger charge is 2.23. The predicted octanol–water partition coefficient (Wildman–Crippen LogP) is 3.34. The molecule has 1 aromatic carbocycles. The van der Waals surface area contributed by atoms with Crippen molar-refractivity contribution in [3.63, 3.8) is 0 Å². The number of nitrogens with two attached hydrogens (primary N) is 1. The second kappa shape index (κ2) is 8.01. The van der Waals surface area contributed by atoms with Crippen molar-refractivity contribution in [2.75, 3.05) is 32.8 Å². The van der Waals surface area contributed by atoms with Gasteiger partial charge in [0.05, 0.1) is 4.47 Å². The molecule has 0 bridgehead atoms. The lowest BCUT2D eigenvalue weighted by atomic mass is 10.0. The molecule has 0 aromatic heterocycles. The minimum absolute atomic E-state index is 0.219. The highest BCUT2D eigenvalue weighted by molar-refractivity contribution is 9.10. The van der Waals surface area contributed by atoms with Gasteiger partial charge in [-0.1, -0.05) is 13.8 Å². The van der Waals surface area contributed by atoms with Crippen LogP contribution in [-0.4, -0.2) is 37.7 Å². The summed E-state index contributed by atoms with van der Waals surface area (Å²) in [5.41, 5.74) is 7.25. The van der Waals surface area contributed by atoms with E-state index < -0.39 is 0 Å². The number of halogens is 1. The lowest BCUT2D eigenvalue weighted by Gasteiger charge is -2.32. The van der Waals surface area contributed by atoms with Gasteiger partial charge in [0.25, 0.3) is 0 Å². The molecule has 118 valence electrons. The molecule has 0 saturated heterocycles. The van der Waals surface area contributed by atoms with Crippen molar-refractivity contribution in [2.24, 2.45) is 5.73 Å². The highest BCUT2D eigenvalue weighted by Crippen LogP contribution is 2.40. The predicted molar refractivity (Wildman–Crippen MR) is 89.1 cm³/mol. The van der Waals surface area contributed by atoms with E-state index in [1.165, 1.54) is 5.56 Å². The van der Waals surface area contributed by atoms with Crippen LogP contribution in [0.15, 0.2) is 16.6 Å². The quantitative estimate of drug-likeness (QED) is 0.813. The van der Waals surface area contributed by atoms with Gasteiger partial charge in [-0.05, 0) is 59.6 Å². The topological polar surface area (TPSA) is 47.7 Å². The molecule has 4 nitrogen and oxygen atoms in total. The minimum atomic E-state index is 0.219. The Morgan fingerprint density at radius 1 is 1.19 bits per heavy atom. The lowest BCUT2D eigenvalue weighted by molar-refractivity contribution is 0.168. The average molecular weight is 357 g/mol. The van der Waals surface area contributed by atoms with E-state index >= 15 is 0 Å². The van der Waals surface area contributed by atoms with Gasteiger partial charge >= 0.3 is 0 Å². The molecule has 0 saturated carbocycles. The van der Waals surface area contributed by atoms with E-state index in [4.69, 9.17) is 15.2 Å². The largest absolute Gasteiger partial charge is 0.486 e. The number of benzene rings is 1. The summed E-state index contributed by atoms with van der Waals surface area (Å²) in [7, 11) is 0. The molecule has 5 heteroatoms. The molecule has 0 amide bonds. The van der Waals surface area contributed by atoms with Crippen LogP contribution in [0.3, 0.4) is 0 Å². The molecule has 1 atom stereocenters. The Morgan fingerprint density at radius 2 is 1.86 bits per heavy atom. The number of hydrogen-bond donors (Lipinski definition) is 1. The van der Waals surface area contributed by atoms with Crippen LogP contribution in [0.2, 0.25) is 0 Å². The first-order valence-corrected chi connectivity index (χ1v) is 8.53. The van der Waals surface area contributed by atoms with Crippen LogP contribution >= 0.6 is 15.9 Å². The monoisotopic (exact) mass is 356 g/mol. The first-order chi connectivity index (χ1) is 10.2.